The van der Waals surface area contributed by atoms with Gasteiger partial charge in [-0.05, 0) is 53.3 Å². The summed E-state index contributed by atoms with van der Waals surface area (Å²) in [5.74, 6) is -0.316. The van der Waals surface area contributed by atoms with E-state index in [9.17, 15) is 4.39 Å². The van der Waals surface area contributed by atoms with Gasteiger partial charge in [0.05, 0.1) is 12.3 Å². The number of hydrogen-bond donors (Lipinski definition) is 2. The third kappa shape index (κ3) is 4.97. The highest BCUT2D eigenvalue weighted by Crippen LogP contribution is 2.22. The van der Waals surface area contributed by atoms with Gasteiger partial charge in [0.15, 0.2) is 5.11 Å². The van der Waals surface area contributed by atoms with Crippen molar-refractivity contribution in [1.29, 1.82) is 0 Å². The fourth-order valence-corrected chi connectivity index (χ4v) is 1.92. The molecule has 1 unspecified atom stereocenters. The van der Waals surface area contributed by atoms with Crippen molar-refractivity contribution in [3.63, 3.8) is 0 Å². The lowest BCUT2D eigenvalue weighted by molar-refractivity contribution is 0.179. The van der Waals surface area contributed by atoms with Crippen LogP contribution < -0.4 is 10.6 Å². The van der Waals surface area contributed by atoms with Crippen LogP contribution in [-0.4, -0.2) is 24.9 Å². The van der Waals surface area contributed by atoms with Gasteiger partial charge in [-0.1, -0.05) is 0 Å². The minimum atomic E-state index is -0.316. The van der Waals surface area contributed by atoms with Crippen molar-refractivity contribution in [3.05, 3.63) is 28.5 Å². The summed E-state index contributed by atoms with van der Waals surface area (Å²) in [6, 6.07) is 4.46. The van der Waals surface area contributed by atoms with Crippen LogP contribution in [0.25, 0.3) is 0 Å². The number of thiocarbonyl (C=S) groups is 1. The molecule has 2 N–H and O–H groups in total. The largest absolute Gasteiger partial charge is 0.383 e. The predicted octanol–water partition coefficient (Wildman–Crippen LogP) is 2.91. The molecular formula is C11H14BrFN2OS. The van der Waals surface area contributed by atoms with E-state index in [-0.39, 0.29) is 11.9 Å². The number of methoxy groups -OCH3 is 1. The lowest BCUT2D eigenvalue weighted by atomic mass is 10.3. The van der Waals surface area contributed by atoms with E-state index in [1.165, 1.54) is 12.1 Å². The molecule has 6 heteroatoms. The van der Waals surface area contributed by atoms with E-state index < -0.39 is 0 Å². The topological polar surface area (TPSA) is 33.3 Å². The standard InChI is InChI=1S/C11H14BrFN2OS/c1-7(6-16-2)14-11(17)15-10-5-8(13)3-4-9(10)12/h3-5,7H,6H2,1-2H3,(H2,14,15,17). The molecule has 3 nitrogen and oxygen atoms in total. The molecule has 0 aromatic heterocycles. The van der Waals surface area contributed by atoms with Gasteiger partial charge in [-0.2, -0.15) is 0 Å². The fourth-order valence-electron chi connectivity index (χ4n) is 1.27. The Labute approximate surface area is 114 Å². The van der Waals surface area contributed by atoms with Gasteiger partial charge in [0.25, 0.3) is 0 Å². The maximum Gasteiger partial charge on any atom is 0.171 e. The van der Waals surface area contributed by atoms with Crippen molar-refractivity contribution in [2.75, 3.05) is 19.0 Å². The summed E-state index contributed by atoms with van der Waals surface area (Å²) in [4.78, 5) is 0. The van der Waals surface area contributed by atoms with E-state index in [2.05, 4.69) is 26.6 Å². The summed E-state index contributed by atoms with van der Waals surface area (Å²) in [6.45, 7) is 2.49. The highest BCUT2D eigenvalue weighted by atomic mass is 79.9. The summed E-state index contributed by atoms with van der Waals surface area (Å²) < 4.78 is 18.8. The van der Waals surface area contributed by atoms with E-state index in [1.54, 1.807) is 13.2 Å². The average molecular weight is 321 g/mol. The molecule has 0 aliphatic carbocycles. The molecule has 1 aromatic rings. The first kappa shape index (κ1) is 14.3. The van der Waals surface area contributed by atoms with Crippen LogP contribution in [0, 0.1) is 5.82 Å². The predicted molar refractivity (Wildman–Crippen MR) is 74.8 cm³/mol. The second-order valence-corrected chi connectivity index (χ2v) is 4.84. The van der Waals surface area contributed by atoms with Gasteiger partial charge in [0.2, 0.25) is 0 Å². The second kappa shape index (κ2) is 6.88. The number of ether oxygens (including phenoxy) is 1. The number of halogens is 2. The third-order valence-electron chi connectivity index (χ3n) is 1.97. The zero-order valence-corrected chi connectivity index (χ0v) is 12.0. The van der Waals surface area contributed by atoms with Crippen molar-refractivity contribution in [3.8, 4) is 0 Å². The Morgan fingerprint density at radius 1 is 1.59 bits per heavy atom. The minimum Gasteiger partial charge on any atom is -0.383 e. The molecule has 1 aromatic carbocycles. The van der Waals surface area contributed by atoms with Gasteiger partial charge < -0.3 is 15.4 Å². The molecule has 94 valence electrons. The van der Waals surface area contributed by atoms with Gasteiger partial charge in [-0.15, -0.1) is 0 Å². The molecule has 17 heavy (non-hydrogen) atoms. The molecule has 0 fully saturated rings. The lowest BCUT2D eigenvalue weighted by Gasteiger charge is -2.16. The Kier molecular flexibility index (Phi) is 5.80. The molecule has 0 aliphatic heterocycles. The molecule has 0 spiro atoms. The van der Waals surface area contributed by atoms with Gasteiger partial charge in [-0.3, -0.25) is 0 Å². The zero-order valence-electron chi connectivity index (χ0n) is 9.59. The summed E-state index contributed by atoms with van der Waals surface area (Å²) >= 11 is 8.42. The van der Waals surface area contributed by atoms with Gasteiger partial charge in [0, 0.05) is 17.6 Å². The quantitative estimate of drug-likeness (QED) is 0.836. The number of rotatable bonds is 4. The van der Waals surface area contributed by atoms with Crippen LogP contribution in [0.15, 0.2) is 22.7 Å². The summed E-state index contributed by atoms with van der Waals surface area (Å²) in [5, 5.41) is 6.38. The number of anilines is 1. The summed E-state index contributed by atoms with van der Waals surface area (Å²) in [5.41, 5.74) is 0.590. The van der Waals surface area contributed by atoms with E-state index in [0.29, 0.717) is 17.4 Å². The summed E-state index contributed by atoms with van der Waals surface area (Å²) in [6.07, 6.45) is 0. The van der Waals surface area contributed by atoms with Crippen molar-refractivity contribution in [2.45, 2.75) is 13.0 Å². The molecule has 0 radical (unpaired) electrons. The zero-order chi connectivity index (χ0) is 12.8. The van der Waals surface area contributed by atoms with Crippen molar-refractivity contribution in [1.82, 2.24) is 5.32 Å². The van der Waals surface area contributed by atoms with Gasteiger partial charge in [-0.25, -0.2) is 4.39 Å². The maximum atomic E-state index is 13.0. The number of nitrogens with one attached hydrogen (secondary N) is 2. The SMILES string of the molecule is COCC(C)NC(=S)Nc1cc(F)ccc1Br. The monoisotopic (exact) mass is 320 g/mol. The first-order valence-electron chi connectivity index (χ1n) is 5.04. The molecule has 0 bridgehead atoms. The van der Waals surface area contributed by atoms with Crippen molar-refractivity contribution >= 4 is 38.9 Å². The molecule has 0 aliphatic rings. The molecular weight excluding hydrogens is 307 g/mol. The summed E-state index contributed by atoms with van der Waals surface area (Å²) in [7, 11) is 1.62. The van der Waals surface area contributed by atoms with Crippen LogP contribution >= 0.6 is 28.1 Å². The Morgan fingerprint density at radius 2 is 2.29 bits per heavy atom. The molecule has 1 rings (SSSR count). The van der Waals surface area contributed by atoms with Crippen molar-refractivity contribution in [2.24, 2.45) is 0 Å². The van der Waals surface area contributed by atoms with E-state index >= 15 is 0 Å². The van der Waals surface area contributed by atoms with Crippen LogP contribution in [0.4, 0.5) is 10.1 Å². The molecule has 0 amide bonds. The molecule has 1 atom stereocenters. The fraction of sp³-hybridized carbons (Fsp3) is 0.364. The third-order valence-corrected chi connectivity index (χ3v) is 2.88. The number of benzene rings is 1. The Hall–Kier alpha value is -0.720. The van der Waals surface area contributed by atoms with Crippen LogP contribution in [0.3, 0.4) is 0 Å². The van der Waals surface area contributed by atoms with E-state index in [0.717, 1.165) is 4.47 Å². The highest BCUT2D eigenvalue weighted by Gasteiger charge is 2.06. The second-order valence-electron chi connectivity index (χ2n) is 3.58. The Balaban J connectivity index is 2.58. The Morgan fingerprint density at radius 3 is 2.94 bits per heavy atom. The normalized spacial score (nSPS) is 12.0. The van der Waals surface area contributed by atoms with Gasteiger partial charge >= 0.3 is 0 Å². The molecule has 0 saturated heterocycles. The minimum absolute atomic E-state index is 0.0901. The molecule has 0 saturated carbocycles. The van der Waals surface area contributed by atoms with E-state index in [4.69, 9.17) is 17.0 Å². The Bertz CT molecular complexity index is 403. The average Bonchev–Trinajstić information content (AvgIpc) is 2.23. The lowest BCUT2D eigenvalue weighted by Crippen LogP contribution is -2.38. The molecule has 0 heterocycles. The van der Waals surface area contributed by atoms with Crippen LogP contribution in [-0.2, 0) is 4.74 Å². The number of hydrogen-bond acceptors (Lipinski definition) is 2. The maximum absolute atomic E-state index is 13.0. The van der Waals surface area contributed by atoms with Crippen LogP contribution in [0.2, 0.25) is 0 Å². The highest BCUT2D eigenvalue weighted by molar-refractivity contribution is 9.10. The first-order valence-corrected chi connectivity index (χ1v) is 6.24. The smallest absolute Gasteiger partial charge is 0.171 e. The van der Waals surface area contributed by atoms with Crippen molar-refractivity contribution < 1.29 is 9.13 Å². The van der Waals surface area contributed by atoms with E-state index in [1.807, 2.05) is 6.92 Å². The van der Waals surface area contributed by atoms with Gasteiger partial charge in [0.1, 0.15) is 5.82 Å². The first-order chi connectivity index (χ1) is 8.02. The van der Waals surface area contributed by atoms with Crippen LogP contribution in [0.5, 0.6) is 0 Å². The van der Waals surface area contributed by atoms with Crippen LogP contribution in [0.1, 0.15) is 6.92 Å².